The van der Waals surface area contributed by atoms with Crippen molar-refractivity contribution in [1.82, 2.24) is 9.13 Å². The molecule has 2 aromatic heterocycles. The van der Waals surface area contributed by atoms with Crippen LogP contribution in [-0.2, 0) is 35.7 Å². The Morgan fingerprint density at radius 2 is 0.946 bits per heavy atom. The maximum atomic E-state index is 11.1. The van der Waals surface area contributed by atoms with Crippen molar-refractivity contribution in [3.8, 4) is 34.9 Å². The van der Waals surface area contributed by atoms with E-state index in [0.717, 1.165) is 41.6 Å². The number of aromatic hydroxyl groups is 4. The van der Waals surface area contributed by atoms with Crippen molar-refractivity contribution in [2.24, 2.45) is 0 Å². The second kappa shape index (κ2) is 18.1. The van der Waals surface area contributed by atoms with Crippen LogP contribution < -0.4 is 0 Å². The summed E-state index contributed by atoms with van der Waals surface area (Å²) in [4.78, 5) is 0. The molecule has 0 saturated carbocycles. The van der Waals surface area contributed by atoms with Crippen LogP contribution in [0.3, 0.4) is 0 Å². The van der Waals surface area contributed by atoms with E-state index in [4.69, 9.17) is 16.5 Å². The highest BCUT2D eigenvalue weighted by Gasteiger charge is 2.38. The third-order valence-electron chi connectivity index (χ3n) is 9.39. The molecule has 1 unspecified atom stereocenters. The first-order chi connectivity index (χ1) is 25.7. The maximum absolute atomic E-state index is 11.1. The largest absolute Gasteiger partial charge is 0.494 e. The fourth-order valence-corrected chi connectivity index (χ4v) is 30.5. The quantitative estimate of drug-likeness (QED) is 0.0647. The summed E-state index contributed by atoms with van der Waals surface area (Å²) in [5.74, 6) is 0.125. The maximum Gasteiger partial charge on any atom is 0.311 e. The van der Waals surface area contributed by atoms with Crippen LogP contribution in [0.4, 0.5) is 0 Å². The second-order valence-corrected chi connectivity index (χ2v) is 42.7. The third-order valence-corrected chi connectivity index (χ3v) is 29.1. The summed E-state index contributed by atoms with van der Waals surface area (Å²) < 4.78 is 28.7. The summed E-state index contributed by atoms with van der Waals surface area (Å²) in [6.45, 7) is 28.5. The van der Waals surface area contributed by atoms with Crippen molar-refractivity contribution < 1.29 is 36.9 Å². The van der Waals surface area contributed by atoms with Gasteiger partial charge in [-0.3, -0.25) is 9.13 Å². The second-order valence-electron chi connectivity index (χ2n) is 18.7. The van der Waals surface area contributed by atoms with Crippen molar-refractivity contribution in [2.45, 2.75) is 129 Å². The number of aryl methyl sites for hydroxylation is 2. The summed E-state index contributed by atoms with van der Waals surface area (Å²) in [6, 6.07) is 20.8. The molecule has 4 N–H and O–H groups in total. The van der Waals surface area contributed by atoms with E-state index in [-0.39, 0.29) is 23.5 Å². The summed E-state index contributed by atoms with van der Waals surface area (Å²) in [5, 5.41) is 43.9. The van der Waals surface area contributed by atoms with Gasteiger partial charge in [0.15, 0.2) is 45.0 Å². The molecule has 310 valence electrons. The van der Waals surface area contributed by atoms with Crippen LogP contribution in [-0.4, -0.2) is 80.7 Å². The molecule has 0 spiro atoms. The molecular weight excluding hydrogens is 805 g/mol. The van der Waals surface area contributed by atoms with Gasteiger partial charge in [-0.05, 0) is 165 Å². The van der Waals surface area contributed by atoms with E-state index in [2.05, 4.69) is 85.1 Å². The van der Waals surface area contributed by atoms with E-state index in [9.17, 15) is 20.4 Å². The van der Waals surface area contributed by atoms with Gasteiger partial charge in [0.2, 0.25) is 11.8 Å². The lowest BCUT2D eigenvalue weighted by Crippen LogP contribution is -2.51. The van der Waals surface area contributed by atoms with E-state index >= 15 is 0 Å². The van der Waals surface area contributed by atoms with Crippen molar-refractivity contribution in [3.63, 3.8) is 0 Å². The van der Waals surface area contributed by atoms with E-state index in [1.165, 1.54) is 9.13 Å². The van der Waals surface area contributed by atoms with Crippen molar-refractivity contribution >= 4 is 51.1 Å². The minimum Gasteiger partial charge on any atom is -0.494 e. The van der Waals surface area contributed by atoms with Gasteiger partial charge in [-0.2, -0.15) is 0 Å². The first kappa shape index (κ1) is 46.0. The molecule has 56 heavy (non-hydrogen) atoms. The summed E-state index contributed by atoms with van der Waals surface area (Å²) in [6.07, 6.45) is 3.66. The molecule has 0 saturated heterocycles. The Kier molecular flexibility index (Phi) is 14.9. The van der Waals surface area contributed by atoms with Gasteiger partial charge in [-0.25, -0.2) is 0 Å². The summed E-state index contributed by atoms with van der Waals surface area (Å²) >= 11 is 0. The molecule has 1 atom stereocenters. The van der Waals surface area contributed by atoms with E-state index in [1.54, 1.807) is 12.1 Å². The molecule has 16 heteroatoms. The number of hydrogen-bond donors (Lipinski definition) is 4. The van der Waals surface area contributed by atoms with Crippen LogP contribution in [0.25, 0.3) is 11.4 Å². The molecule has 0 aliphatic carbocycles. The van der Waals surface area contributed by atoms with Crippen molar-refractivity contribution in [1.29, 1.82) is 0 Å². The van der Waals surface area contributed by atoms with Crippen molar-refractivity contribution in [3.05, 3.63) is 82.9 Å². The molecule has 0 aliphatic heterocycles. The predicted octanol–water partition coefficient (Wildman–Crippen LogP) is 10.2. The van der Waals surface area contributed by atoms with Crippen LogP contribution in [0.5, 0.6) is 23.5 Å². The Hall–Kier alpha value is -2.66. The average Bonchev–Trinajstić information content (AvgIpc) is 3.46. The first-order valence-electron chi connectivity index (χ1n) is 19.9. The molecular formula is C40H68N2O8Si6. The van der Waals surface area contributed by atoms with Gasteiger partial charge in [0, 0.05) is 23.3 Å². The number of nitrogens with zero attached hydrogens (tertiary/aromatic N) is 2. The van der Waals surface area contributed by atoms with Gasteiger partial charge in [-0.15, -0.1) is 0 Å². The van der Waals surface area contributed by atoms with Crippen LogP contribution in [0.1, 0.15) is 35.1 Å². The average molecular weight is 874 g/mol. The van der Waals surface area contributed by atoms with Gasteiger partial charge in [-0.1, -0.05) is 24.3 Å². The van der Waals surface area contributed by atoms with E-state index < -0.39 is 51.1 Å². The molecule has 10 nitrogen and oxygen atoms in total. The zero-order chi connectivity index (χ0) is 41.9. The molecule has 0 aliphatic rings. The Morgan fingerprint density at radius 1 is 0.536 bits per heavy atom. The predicted molar refractivity (Wildman–Crippen MR) is 244 cm³/mol. The number of hydrogen-bond acceptors (Lipinski definition) is 8. The molecule has 4 rings (SSSR count). The van der Waals surface area contributed by atoms with Gasteiger partial charge in [0.05, 0.1) is 11.4 Å². The molecule has 0 fully saturated rings. The summed E-state index contributed by atoms with van der Waals surface area (Å²) in [5.41, 5.74) is 4.93. The number of aromatic nitrogens is 2. The van der Waals surface area contributed by atoms with Crippen molar-refractivity contribution in [2.75, 3.05) is 0 Å². The van der Waals surface area contributed by atoms with Crippen LogP contribution in [0, 0.1) is 0 Å². The minimum absolute atomic E-state index is 0.00383. The lowest BCUT2D eigenvalue weighted by molar-refractivity contribution is 0.390. The van der Waals surface area contributed by atoms with Gasteiger partial charge in [0.25, 0.3) is 9.28 Å². The summed E-state index contributed by atoms with van der Waals surface area (Å²) in [7, 11) is -11.1. The lowest BCUT2D eigenvalue weighted by atomic mass is 10.0. The van der Waals surface area contributed by atoms with Crippen LogP contribution in [0.15, 0.2) is 60.7 Å². The molecule has 2 heterocycles. The van der Waals surface area contributed by atoms with E-state index in [1.807, 2.05) is 48.5 Å². The molecule has 4 aromatic rings. The highest BCUT2D eigenvalue weighted by Crippen LogP contribution is 2.35. The molecule has 0 amide bonds. The zero-order valence-corrected chi connectivity index (χ0v) is 42.3. The normalized spacial score (nSPS) is 13.7. The smallest absolute Gasteiger partial charge is 0.311 e. The Balaban J connectivity index is 1.33. The molecule has 2 aromatic carbocycles. The molecule has 0 bridgehead atoms. The first-order valence-corrected chi connectivity index (χ1v) is 37.9. The standard InChI is InChI=1S/C40H68N2O8Si6/c1-51(47-52(2,3)4)48-54(8,9)26-14-16-33-29-37(43)41(39(33)45)35-22-18-31(19-23-35)28-32-20-24-36(25-21-32)42-38(44)30-34(40(42)46)17-15-27-55(10,11)50-56(12,13)49-53(5,6)7/h18-25,29-30,43-46,51H,14-17,26-28H2,1-13H3. The van der Waals surface area contributed by atoms with Gasteiger partial charge >= 0.3 is 8.56 Å². The Labute approximate surface area is 342 Å². The Bertz CT molecular complexity index is 1900. The van der Waals surface area contributed by atoms with Crippen LogP contribution in [0.2, 0.25) is 97.2 Å². The monoisotopic (exact) mass is 872 g/mol. The fourth-order valence-electron chi connectivity index (χ4n) is 7.63. The highest BCUT2D eigenvalue weighted by molar-refractivity contribution is 6.87. The third kappa shape index (κ3) is 13.7. The van der Waals surface area contributed by atoms with Gasteiger partial charge in [0.1, 0.15) is 0 Å². The zero-order valence-electron chi connectivity index (χ0n) is 36.1. The fraction of sp³-hybridized carbons (Fsp3) is 0.500. The highest BCUT2D eigenvalue weighted by atomic mass is 28.5. The SMILES string of the molecule is C[SiH](O[Si](C)(C)C)O[Si](C)(C)CCCc1cc(O)n(-c2ccc(Cc3ccc(-n4c(O)cc(CCC[Si](C)(C)O[Si](C)(C)O[Si](C)(C)C)c4O)cc3)cc2)c1O. The van der Waals surface area contributed by atoms with E-state index in [0.29, 0.717) is 36.2 Å². The lowest BCUT2D eigenvalue weighted by Gasteiger charge is -2.37. The minimum atomic E-state index is -2.22. The molecule has 0 radical (unpaired) electrons. The number of rotatable bonds is 20. The Morgan fingerprint density at radius 3 is 1.34 bits per heavy atom. The topological polar surface area (TPSA) is 128 Å². The number of benzene rings is 2. The van der Waals surface area contributed by atoms with Crippen LogP contribution >= 0.6 is 0 Å². The van der Waals surface area contributed by atoms with Gasteiger partial charge < -0.3 is 36.9 Å².